The van der Waals surface area contributed by atoms with Crippen molar-refractivity contribution in [2.75, 3.05) is 11.5 Å². The number of nitrogens with zero attached hydrogens (tertiary/aromatic N) is 1. The summed E-state index contributed by atoms with van der Waals surface area (Å²) < 4.78 is 5.12. The van der Waals surface area contributed by atoms with Gasteiger partial charge in [-0.05, 0) is 25.1 Å². The summed E-state index contributed by atoms with van der Waals surface area (Å²) >= 11 is 0. The van der Waals surface area contributed by atoms with Crippen LogP contribution in [0.2, 0.25) is 0 Å². The average molecular weight is 362 g/mol. The van der Waals surface area contributed by atoms with Crippen molar-refractivity contribution in [1.82, 2.24) is 4.98 Å². The van der Waals surface area contributed by atoms with Gasteiger partial charge >= 0.3 is 5.97 Å². The molecule has 0 radical (unpaired) electrons. The lowest BCUT2D eigenvalue weighted by Gasteiger charge is -2.26. The van der Waals surface area contributed by atoms with Gasteiger partial charge in [0.05, 0.1) is 6.61 Å². The lowest BCUT2D eigenvalue weighted by atomic mass is 9.98. The number of anilines is 1. The molecule has 136 valence electrons. The van der Waals surface area contributed by atoms with Gasteiger partial charge in [0.25, 0.3) is 5.91 Å². The molecule has 1 amide bonds. The molecule has 1 aromatic heterocycles. The predicted octanol–water partition coefficient (Wildman–Crippen LogP) is 3.63. The van der Waals surface area contributed by atoms with Crippen LogP contribution < -0.4 is 4.90 Å². The second kappa shape index (κ2) is 6.64. The second-order valence-electron chi connectivity index (χ2n) is 6.19. The number of aromatic amines is 1. The van der Waals surface area contributed by atoms with Crippen LogP contribution in [0.4, 0.5) is 5.69 Å². The highest BCUT2D eigenvalue weighted by Crippen LogP contribution is 2.43. The van der Waals surface area contributed by atoms with Gasteiger partial charge in [-0.1, -0.05) is 36.4 Å². The summed E-state index contributed by atoms with van der Waals surface area (Å²) in [6.07, 6.45) is 1.76. The number of aliphatic hydroxyl groups excluding tert-OH is 1. The molecule has 1 aliphatic heterocycles. The van der Waals surface area contributed by atoms with Crippen molar-refractivity contribution in [3.8, 4) is 0 Å². The topological polar surface area (TPSA) is 82.6 Å². The largest absolute Gasteiger partial charge is 0.503 e. The van der Waals surface area contributed by atoms with Crippen molar-refractivity contribution in [2.45, 2.75) is 13.0 Å². The van der Waals surface area contributed by atoms with Crippen molar-refractivity contribution in [3.05, 3.63) is 77.7 Å². The molecule has 0 bridgehead atoms. The lowest BCUT2D eigenvalue weighted by molar-refractivity contribution is -0.139. The maximum absolute atomic E-state index is 12.9. The molecular weight excluding hydrogens is 344 g/mol. The molecule has 0 saturated carbocycles. The van der Waals surface area contributed by atoms with Crippen LogP contribution in [0.1, 0.15) is 18.5 Å². The van der Waals surface area contributed by atoms with E-state index in [9.17, 15) is 14.7 Å². The number of aromatic nitrogens is 1. The number of ether oxygens (including phenoxy) is 1. The summed E-state index contributed by atoms with van der Waals surface area (Å²) in [5.74, 6) is -1.90. The van der Waals surface area contributed by atoms with Gasteiger partial charge in [0.2, 0.25) is 0 Å². The summed E-state index contributed by atoms with van der Waals surface area (Å²) in [5, 5.41) is 11.4. The summed E-state index contributed by atoms with van der Waals surface area (Å²) in [7, 11) is 0. The number of hydrogen-bond acceptors (Lipinski definition) is 4. The molecule has 2 heterocycles. The quantitative estimate of drug-likeness (QED) is 0.694. The third kappa shape index (κ3) is 2.66. The van der Waals surface area contributed by atoms with E-state index in [0.29, 0.717) is 5.69 Å². The third-order valence-corrected chi connectivity index (χ3v) is 4.65. The van der Waals surface area contributed by atoms with Crippen LogP contribution in [0.3, 0.4) is 0 Å². The smallest absolute Gasteiger partial charge is 0.340 e. The van der Waals surface area contributed by atoms with Crippen molar-refractivity contribution in [1.29, 1.82) is 0 Å². The number of aliphatic hydroxyl groups is 1. The first-order valence-electron chi connectivity index (χ1n) is 8.68. The van der Waals surface area contributed by atoms with Crippen LogP contribution >= 0.6 is 0 Å². The number of H-pyrrole nitrogens is 1. The summed E-state index contributed by atoms with van der Waals surface area (Å²) in [4.78, 5) is 30.0. The van der Waals surface area contributed by atoms with E-state index < -0.39 is 23.7 Å². The normalized spacial score (nSPS) is 17.0. The molecule has 6 heteroatoms. The zero-order valence-corrected chi connectivity index (χ0v) is 14.7. The first-order valence-corrected chi connectivity index (χ1v) is 8.68. The molecule has 2 N–H and O–H groups in total. The highest BCUT2D eigenvalue weighted by molar-refractivity contribution is 6.15. The molecule has 0 saturated heterocycles. The van der Waals surface area contributed by atoms with Crippen LogP contribution in [-0.2, 0) is 14.3 Å². The minimum Gasteiger partial charge on any atom is -0.503 e. The number of hydrogen-bond donors (Lipinski definition) is 2. The molecular formula is C21H18N2O4. The van der Waals surface area contributed by atoms with Gasteiger partial charge in [0.15, 0.2) is 5.76 Å². The molecule has 4 rings (SSSR count). The first-order chi connectivity index (χ1) is 13.1. The Balaban J connectivity index is 1.93. The van der Waals surface area contributed by atoms with Gasteiger partial charge in [-0.15, -0.1) is 0 Å². The number of benzene rings is 2. The fraction of sp³-hybridized carbons (Fsp3) is 0.143. The first kappa shape index (κ1) is 16.9. The maximum atomic E-state index is 12.9. The van der Waals surface area contributed by atoms with Crippen molar-refractivity contribution < 1.29 is 19.4 Å². The fourth-order valence-corrected chi connectivity index (χ4v) is 3.49. The summed E-state index contributed by atoms with van der Waals surface area (Å²) in [6, 6.07) is 15.8. The number of esters is 1. The average Bonchev–Trinajstić information content (AvgIpc) is 3.22. The Bertz CT molecular complexity index is 1050. The number of carbonyl (C=O) groups excluding carboxylic acids is 2. The van der Waals surface area contributed by atoms with Crippen molar-refractivity contribution in [2.24, 2.45) is 0 Å². The van der Waals surface area contributed by atoms with E-state index in [1.54, 1.807) is 37.4 Å². The van der Waals surface area contributed by atoms with E-state index in [1.165, 1.54) is 4.90 Å². The van der Waals surface area contributed by atoms with Crippen molar-refractivity contribution in [3.63, 3.8) is 0 Å². The molecule has 0 fully saturated rings. The van der Waals surface area contributed by atoms with E-state index in [0.717, 1.165) is 16.5 Å². The van der Waals surface area contributed by atoms with Crippen LogP contribution in [0, 0.1) is 0 Å². The minimum atomic E-state index is -0.782. The van der Waals surface area contributed by atoms with Crippen LogP contribution in [0.25, 0.3) is 10.9 Å². The van der Waals surface area contributed by atoms with Gasteiger partial charge in [0.1, 0.15) is 11.6 Å². The highest BCUT2D eigenvalue weighted by Gasteiger charge is 2.46. The van der Waals surface area contributed by atoms with Crippen LogP contribution in [0.5, 0.6) is 0 Å². The van der Waals surface area contributed by atoms with Crippen LogP contribution in [0.15, 0.2) is 72.1 Å². The Morgan fingerprint density at radius 3 is 2.59 bits per heavy atom. The number of carbonyl (C=O) groups is 2. The SMILES string of the molecule is CCOC(=O)C1=C(O)C(=O)N(c2ccccc2)C1c1c[nH]c2ccccc12. The molecule has 0 aliphatic carbocycles. The number of rotatable bonds is 4. The van der Waals surface area contributed by atoms with Gasteiger partial charge < -0.3 is 14.8 Å². The zero-order valence-electron chi connectivity index (χ0n) is 14.7. The van der Waals surface area contributed by atoms with Gasteiger partial charge in [-0.2, -0.15) is 0 Å². The molecule has 3 aromatic rings. The highest BCUT2D eigenvalue weighted by atomic mass is 16.5. The molecule has 6 nitrogen and oxygen atoms in total. The van der Waals surface area contributed by atoms with Gasteiger partial charge in [-0.25, -0.2) is 4.79 Å². The molecule has 1 atom stereocenters. The summed E-state index contributed by atoms with van der Waals surface area (Å²) in [5.41, 5.74) is 2.14. The van der Waals surface area contributed by atoms with E-state index >= 15 is 0 Å². The number of amides is 1. The second-order valence-corrected chi connectivity index (χ2v) is 6.19. The molecule has 1 unspecified atom stereocenters. The molecule has 27 heavy (non-hydrogen) atoms. The monoisotopic (exact) mass is 362 g/mol. The van der Waals surface area contributed by atoms with E-state index in [4.69, 9.17) is 4.74 Å². The Morgan fingerprint density at radius 2 is 1.85 bits per heavy atom. The minimum absolute atomic E-state index is 0.0459. The van der Waals surface area contributed by atoms with E-state index in [1.807, 2.05) is 30.3 Å². The standard InChI is InChI=1S/C21H18N2O4/c1-2-27-21(26)17-18(15-12-22-16-11-7-6-10-14(15)16)23(20(25)19(17)24)13-8-4-3-5-9-13/h3-12,18,22,24H,2H2,1H3. The van der Waals surface area contributed by atoms with Gasteiger partial charge in [-0.3, -0.25) is 9.69 Å². The van der Waals surface area contributed by atoms with Crippen LogP contribution in [-0.4, -0.2) is 28.6 Å². The number of para-hydroxylation sites is 2. The van der Waals surface area contributed by atoms with E-state index in [-0.39, 0.29) is 12.2 Å². The zero-order chi connectivity index (χ0) is 19.0. The number of nitrogens with one attached hydrogen (secondary N) is 1. The Morgan fingerprint density at radius 1 is 1.15 bits per heavy atom. The third-order valence-electron chi connectivity index (χ3n) is 4.65. The Kier molecular flexibility index (Phi) is 4.16. The predicted molar refractivity (Wildman–Crippen MR) is 101 cm³/mol. The van der Waals surface area contributed by atoms with Gasteiger partial charge in [0, 0.05) is 28.4 Å². The van der Waals surface area contributed by atoms with E-state index in [2.05, 4.69) is 4.98 Å². The Hall–Kier alpha value is -3.54. The summed E-state index contributed by atoms with van der Waals surface area (Å²) in [6.45, 7) is 1.83. The lowest BCUT2D eigenvalue weighted by Crippen LogP contribution is -2.31. The number of fused-ring (bicyclic) bond motifs is 1. The maximum Gasteiger partial charge on any atom is 0.340 e. The molecule has 1 aliphatic rings. The molecule has 0 spiro atoms. The fourth-order valence-electron chi connectivity index (χ4n) is 3.49. The Labute approximate surface area is 155 Å². The molecule has 2 aromatic carbocycles. The van der Waals surface area contributed by atoms with Crippen molar-refractivity contribution >= 4 is 28.5 Å².